The third-order valence-electron chi connectivity index (χ3n) is 4.11. The van der Waals surface area contributed by atoms with Crippen LogP contribution in [0.3, 0.4) is 0 Å². The zero-order valence-electron chi connectivity index (χ0n) is 16.0. The molecule has 0 aliphatic carbocycles. The summed E-state index contributed by atoms with van der Waals surface area (Å²) >= 11 is 1.72. The number of benzene rings is 3. The molecule has 0 spiro atoms. The highest BCUT2D eigenvalue weighted by molar-refractivity contribution is 7.98. The molecular weight excluding hydrogens is 370 g/mol. The largest absolute Gasteiger partial charge is 0.497 e. The van der Waals surface area contributed by atoms with Gasteiger partial charge in [-0.05, 0) is 61.5 Å². The Morgan fingerprint density at radius 2 is 1.75 bits per heavy atom. The van der Waals surface area contributed by atoms with Gasteiger partial charge in [-0.3, -0.25) is 4.79 Å². The van der Waals surface area contributed by atoms with Gasteiger partial charge < -0.3 is 14.8 Å². The van der Waals surface area contributed by atoms with Crippen molar-refractivity contribution in [2.45, 2.75) is 17.6 Å². The molecule has 0 aromatic heterocycles. The summed E-state index contributed by atoms with van der Waals surface area (Å²) in [6, 6.07) is 23.0. The third kappa shape index (κ3) is 5.30. The van der Waals surface area contributed by atoms with Gasteiger partial charge in [0.1, 0.15) is 11.5 Å². The van der Waals surface area contributed by atoms with Crippen molar-refractivity contribution in [3.05, 3.63) is 83.9 Å². The minimum absolute atomic E-state index is 0.154. The molecule has 0 heterocycles. The minimum Gasteiger partial charge on any atom is -0.497 e. The Labute approximate surface area is 169 Å². The van der Waals surface area contributed by atoms with E-state index < -0.39 is 0 Å². The highest BCUT2D eigenvalue weighted by Crippen LogP contribution is 2.29. The maximum absolute atomic E-state index is 12.7. The van der Waals surface area contributed by atoms with Crippen molar-refractivity contribution < 1.29 is 14.3 Å². The van der Waals surface area contributed by atoms with Gasteiger partial charge in [0.2, 0.25) is 0 Å². The molecule has 0 saturated heterocycles. The fraction of sp³-hybridized carbons (Fsp3) is 0.174. The fourth-order valence-corrected chi connectivity index (χ4v) is 3.58. The van der Waals surface area contributed by atoms with Gasteiger partial charge in [-0.2, -0.15) is 0 Å². The van der Waals surface area contributed by atoms with E-state index in [2.05, 4.69) is 17.4 Å². The Bertz CT molecular complexity index is 911. The molecule has 0 atom stereocenters. The summed E-state index contributed by atoms with van der Waals surface area (Å²) in [7, 11) is 1.61. The van der Waals surface area contributed by atoms with E-state index in [-0.39, 0.29) is 5.91 Å². The number of nitrogens with one attached hydrogen (secondary N) is 1. The molecule has 3 rings (SSSR count). The molecule has 3 aromatic carbocycles. The van der Waals surface area contributed by atoms with Crippen LogP contribution in [0.15, 0.2) is 77.7 Å². The number of thioether (sulfide) groups is 1. The SMILES string of the molecule is CCOc1ccc(C(=O)Nc2ccc(OC)cc2)cc1CSc1ccccc1. The number of ether oxygens (including phenoxy) is 2. The van der Waals surface area contributed by atoms with Gasteiger partial charge in [-0.25, -0.2) is 0 Å². The second-order valence-electron chi connectivity index (χ2n) is 6.04. The number of anilines is 1. The number of hydrogen-bond acceptors (Lipinski definition) is 4. The minimum atomic E-state index is -0.154. The lowest BCUT2D eigenvalue weighted by Crippen LogP contribution is -2.12. The first kappa shape index (κ1) is 19.8. The summed E-state index contributed by atoms with van der Waals surface area (Å²) in [5.74, 6) is 2.13. The highest BCUT2D eigenvalue weighted by atomic mass is 32.2. The van der Waals surface area contributed by atoms with E-state index in [1.54, 1.807) is 24.9 Å². The van der Waals surface area contributed by atoms with Crippen LogP contribution in [0.2, 0.25) is 0 Å². The highest BCUT2D eigenvalue weighted by Gasteiger charge is 2.12. The molecule has 0 bridgehead atoms. The van der Waals surface area contributed by atoms with E-state index in [4.69, 9.17) is 9.47 Å². The van der Waals surface area contributed by atoms with Gasteiger partial charge in [0.15, 0.2) is 0 Å². The summed E-state index contributed by atoms with van der Waals surface area (Å²) in [6.07, 6.45) is 0. The Morgan fingerprint density at radius 1 is 1.00 bits per heavy atom. The van der Waals surface area contributed by atoms with Crippen molar-refractivity contribution in [1.82, 2.24) is 0 Å². The van der Waals surface area contributed by atoms with Gasteiger partial charge in [-0.1, -0.05) is 18.2 Å². The second-order valence-corrected chi connectivity index (χ2v) is 7.09. The Kier molecular flexibility index (Phi) is 6.98. The third-order valence-corrected chi connectivity index (χ3v) is 5.17. The molecule has 0 unspecified atom stereocenters. The van der Waals surface area contributed by atoms with Gasteiger partial charge in [0.25, 0.3) is 5.91 Å². The lowest BCUT2D eigenvalue weighted by molar-refractivity contribution is 0.102. The Hall–Kier alpha value is -2.92. The molecule has 0 saturated carbocycles. The quantitative estimate of drug-likeness (QED) is 0.503. The zero-order valence-corrected chi connectivity index (χ0v) is 16.8. The first-order valence-electron chi connectivity index (χ1n) is 9.08. The summed E-state index contributed by atoms with van der Waals surface area (Å²) in [5, 5.41) is 2.92. The van der Waals surface area contributed by atoms with E-state index in [1.165, 1.54) is 4.90 Å². The van der Waals surface area contributed by atoms with Crippen LogP contribution in [0.4, 0.5) is 5.69 Å². The van der Waals surface area contributed by atoms with Gasteiger partial charge in [0.05, 0.1) is 13.7 Å². The van der Waals surface area contributed by atoms with Crippen LogP contribution in [0.5, 0.6) is 11.5 Å². The average Bonchev–Trinajstić information content (AvgIpc) is 2.74. The van der Waals surface area contributed by atoms with Crippen molar-refractivity contribution in [3.63, 3.8) is 0 Å². The van der Waals surface area contributed by atoms with Crippen LogP contribution < -0.4 is 14.8 Å². The molecular formula is C23H23NO3S. The van der Waals surface area contributed by atoms with E-state index in [0.717, 1.165) is 28.5 Å². The lowest BCUT2D eigenvalue weighted by Gasteiger charge is -2.13. The lowest BCUT2D eigenvalue weighted by atomic mass is 10.1. The molecule has 3 aromatic rings. The molecule has 0 aliphatic rings. The molecule has 1 N–H and O–H groups in total. The standard InChI is InChI=1S/C23H23NO3S/c1-3-27-22-14-9-17(15-18(22)16-28-21-7-5-4-6-8-21)23(25)24-19-10-12-20(26-2)13-11-19/h4-15H,3,16H2,1-2H3,(H,24,25). The molecule has 1 amide bonds. The summed E-state index contributed by atoms with van der Waals surface area (Å²) < 4.78 is 10.9. The van der Waals surface area contributed by atoms with Crippen molar-refractivity contribution >= 4 is 23.4 Å². The number of hydrogen-bond donors (Lipinski definition) is 1. The van der Waals surface area contributed by atoms with Gasteiger partial charge >= 0.3 is 0 Å². The van der Waals surface area contributed by atoms with Gasteiger partial charge in [0, 0.05) is 27.5 Å². The summed E-state index contributed by atoms with van der Waals surface area (Å²) in [4.78, 5) is 13.9. The molecule has 0 aliphatic heterocycles. The van der Waals surface area contributed by atoms with Gasteiger partial charge in [-0.15, -0.1) is 11.8 Å². The van der Waals surface area contributed by atoms with Crippen molar-refractivity contribution in [2.24, 2.45) is 0 Å². The number of carbonyl (C=O) groups excluding carboxylic acids is 1. The predicted molar refractivity (Wildman–Crippen MR) is 115 cm³/mol. The number of rotatable bonds is 8. The summed E-state index contributed by atoms with van der Waals surface area (Å²) in [6.45, 7) is 2.54. The molecule has 0 fully saturated rings. The normalized spacial score (nSPS) is 10.4. The van der Waals surface area contributed by atoms with Crippen LogP contribution in [-0.2, 0) is 5.75 Å². The topological polar surface area (TPSA) is 47.6 Å². The van der Waals surface area contributed by atoms with Crippen molar-refractivity contribution in [3.8, 4) is 11.5 Å². The fourth-order valence-electron chi connectivity index (χ4n) is 2.69. The second kappa shape index (κ2) is 9.85. The molecule has 144 valence electrons. The van der Waals surface area contributed by atoms with Crippen LogP contribution in [0.25, 0.3) is 0 Å². The van der Waals surface area contributed by atoms with Crippen LogP contribution in [0, 0.1) is 0 Å². The van der Waals surface area contributed by atoms with Crippen LogP contribution >= 0.6 is 11.8 Å². The first-order chi connectivity index (χ1) is 13.7. The Balaban J connectivity index is 1.75. The van der Waals surface area contributed by atoms with E-state index in [1.807, 2.05) is 61.5 Å². The molecule has 4 nitrogen and oxygen atoms in total. The van der Waals surface area contributed by atoms with E-state index in [0.29, 0.717) is 12.2 Å². The van der Waals surface area contributed by atoms with Crippen molar-refractivity contribution in [1.29, 1.82) is 0 Å². The summed E-state index contributed by atoms with van der Waals surface area (Å²) in [5.41, 5.74) is 2.32. The van der Waals surface area contributed by atoms with E-state index >= 15 is 0 Å². The smallest absolute Gasteiger partial charge is 0.255 e. The molecule has 28 heavy (non-hydrogen) atoms. The number of methoxy groups -OCH3 is 1. The number of amides is 1. The molecule has 5 heteroatoms. The monoisotopic (exact) mass is 393 g/mol. The number of carbonyl (C=O) groups is 1. The first-order valence-corrected chi connectivity index (χ1v) is 10.1. The maximum atomic E-state index is 12.7. The van der Waals surface area contributed by atoms with Crippen LogP contribution in [-0.4, -0.2) is 19.6 Å². The van der Waals surface area contributed by atoms with E-state index in [9.17, 15) is 4.79 Å². The Morgan fingerprint density at radius 3 is 2.43 bits per heavy atom. The average molecular weight is 394 g/mol. The molecule has 0 radical (unpaired) electrons. The van der Waals surface area contributed by atoms with Crippen LogP contribution in [0.1, 0.15) is 22.8 Å². The maximum Gasteiger partial charge on any atom is 0.255 e. The predicted octanol–water partition coefficient (Wildman–Crippen LogP) is 5.64. The van der Waals surface area contributed by atoms with Crippen molar-refractivity contribution in [2.75, 3.05) is 19.0 Å². The zero-order chi connectivity index (χ0) is 19.8.